The molecule has 1 heterocycles. The second-order valence-electron chi connectivity index (χ2n) is 5.04. The molecular weight excluding hydrogens is 246 g/mol. The molecule has 0 spiro atoms. The maximum absolute atomic E-state index is 3.45. The van der Waals surface area contributed by atoms with Crippen molar-refractivity contribution in [2.45, 2.75) is 13.8 Å². The number of benzene rings is 2. The van der Waals surface area contributed by atoms with Crippen LogP contribution in [0.15, 0.2) is 60.8 Å². The first-order valence-electron chi connectivity index (χ1n) is 6.87. The first kappa shape index (κ1) is 12.8. The van der Waals surface area contributed by atoms with Crippen LogP contribution in [0.1, 0.15) is 11.1 Å². The van der Waals surface area contributed by atoms with Gasteiger partial charge in [-0.1, -0.05) is 36.4 Å². The number of hydrazine groups is 2. The van der Waals surface area contributed by atoms with Crippen LogP contribution in [0, 0.1) is 13.8 Å². The fourth-order valence-electron chi connectivity index (χ4n) is 2.45. The molecule has 3 nitrogen and oxygen atoms in total. The van der Waals surface area contributed by atoms with Gasteiger partial charge in [-0.05, 0) is 43.2 Å². The molecule has 0 bridgehead atoms. The summed E-state index contributed by atoms with van der Waals surface area (Å²) < 4.78 is 0. The largest absolute Gasteiger partial charge is 0.286 e. The molecule has 0 aromatic heterocycles. The molecule has 2 aromatic rings. The van der Waals surface area contributed by atoms with Gasteiger partial charge in [-0.25, -0.2) is 0 Å². The Morgan fingerprint density at radius 2 is 1.45 bits per heavy atom. The molecule has 0 saturated heterocycles. The predicted molar refractivity (Wildman–Crippen MR) is 84.5 cm³/mol. The van der Waals surface area contributed by atoms with Gasteiger partial charge in [0, 0.05) is 6.20 Å². The minimum atomic E-state index is 0.854. The van der Waals surface area contributed by atoms with Crippen molar-refractivity contribution in [1.82, 2.24) is 5.53 Å². The Morgan fingerprint density at radius 1 is 0.850 bits per heavy atom. The summed E-state index contributed by atoms with van der Waals surface area (Å²) in [4.78, 5) is 0. The summed E-state index contributed by atoms with van der Waals surface area (Å²) in [6, 6.07) is 16.8. The van der Waals surface area contributed by atoms with E-state index in [0.717, 1.165) is 6.54 Å². The fourth-order valence-corrected chi connectivity index (χ4v) is 2.45. The van der Waals surface area contributed by atoms with Crippen molar-refractivity contribution < 1.29 is 0 Å². The number of rotatable bonds is 2. The first-order chi connectivity index (χ1) is 9.75. The Bertz CT molecular complexity index is 634. The van der Waals surface area contributed by atoms with Crippen molar-refractivity contribution in [3.8, 4) is 0 Å². The third kappa shape index (κ3) is 2.40. The van der Waals surface area contributed by atoms with Gasteiger partial charge in [-0.3, -0.25) is 10.0 Å². The van der Waals surface area contributed by atoms with Gasteiger partial charge in [0.2, 0.25) is 0 Å². The summed E-state index contributed by atoms with van der Waals surface area (Å²) in [6.07, 6.45) is 4.24. The van der Waals surface area contributed by atoms with Crippen LogP contribution in [-0.4, -0.2) is 6.54 Å². The van der Waals surface area contributed by atoms with Crippen molar-refractivity contribution in [2.24, 2.45) is 0 Å². The van der Waals surface area contributed by atoms with Crippen molar-refractivity contribution in [2.75, 3.05) is 16.6 Å². The lowest BCUT2D eigenvalue weighted by Crippen LogP contribution is -2.51. The third-order valence-corrected chi connectivity index (χ3v) is 3.55. The highest BCUT2D eigenvalue weighted by atomic mass is 15.8. The van der Waals surface area contributed by atoms with Crippen LogP contribution in [0.5, 0.6) is 0 Å². The lowest BCUT2D eigenvalue weighted by molar-refractivity contribution is 0.635. The van der Waals surface area contributed by atoms with Crippen molar-refractivity contribution in [1.29, 1.82) is 0 Å². The Balaban J connectivity index is 1.88. The van der Waals surface area contributed by atoms with E-state index >= 15 is 0 Å². The fraction of sp³-hybridized carbons (Fsp3) is 0.176. The van der Waals surface area contributed by atoms with Gasteiger partial charge in [0.1, 0.15) is 0 Å². The van der Waals surface area contributed by atoms with Crippen LogP contribution in [-0.2, 0) is 0 Å². The second kappa shape index (κ2) is 5.39. The molecule has 0 aliphatic carbocycles. The first-order valence-corrected chi connectivity index (χ1v) is 6.87. The smallest absolute Gasteiger partial charge is 0.0617 e. The topological polar surface area (TPSA) is 18.5 Å². The van der Waals surface area contributed by atoms with Crippen LogP contribution < -0.4 is 15.6 Å². The van der Waals surface area contributed by atoms with Crippen LogP contribution in [0.2, 0.25) is 0 Å². The second-order valence-corrected chi connectivity index (χ2v) is 5.04. The van der Waals surface area contributed by atoms with Crippen LogP contribution in [0.25, 0.3) is 0 Å². The number of aryl methyl sites for hydroxylation is 2. The molecular formula is C17H19N3. The maximum atomic E-state index is 3.45. The van der Waals surface area contributed by atoms with Gasteiger partial charge >= 0.3 is 0 Å². The molecule has 3 rings (SSSR count). The van der Waals surface area contributed by atoms with E-state index in [4.69, 9.17) is 0 Å². The molecule has 1 N–H and O–H groups in total. The highest BCUT2D eigenvalue weighted by molar-refractivity contribution is 5.58. The molecule has 1 aliphatic rings. The molecule has 0 atom stereocenters. The van der Waals surface area contributed by atoms with Crippen molar-refractivity contribution >= 4 is 11.4 Å². The normalized spacial score (nSPS) is 14.7. The molecule has 0 saturated carbocycles. The molecule has 1 aliphatic heterocycles. The lowest BCUT2D eigenvalue weighted by atomic mass is 10.2. The van der Waals surface area contributed by atoms with E-state index in [2.05, 4.69) is 90.2 Å². The van der Waals surface area contributed by atoms with Gasteiger partial charge in [-0.15, -0.1) is 5.53 Å². The average Bonchev–Trinajstić information content (AvgIpc) is 2.48. The molecule has 0 amide bonds. The van der Waals surface area contributed by atoms with Crippen molar-refractivity contribution in [3.05, 3.63) is 71.9 Å². The zero-order valence-corrected chi connectivity index (χ0v) is 11.9. The highest BCUT2D eigenvalue weighted by Gasteiger charge is 2.15. The van der Waals surface area contributed by atoms with Crippen LogP contribution >= 0.6 is 0 Å². The number of nitrogens with zero attached hydrogens (tertiary/aromatic N) is 2. The molecule has 20 heavy (non-hydrogen) atoms. The van der Waals surface area contributed by atoms with Gasteiger partial charge in [0.15, 0.2) is 0 Å². The Morgan fingerprint density at radius 3 is 2.10 bits per heavy atom. The van der Waals surface area contributed by atoms with Gasteiger partial charge in [-0.2, -0.15) is 0 Å². The number of anilines is 2. The summed E-state index contributed by atoms with van der Waals surface area (Å²) in [7, 11) is 0. The summed E-state index contributed by atoms with van der Waals surface area (Å²) in [6.45, 7) is 5.11. The summed E-state index contributed by atoms with van der Waals surface area (Å²) >= 11 is 0. The van der Waals surface area contributed by atoms with Gasteiger partial charge < -0.3 is 0 Å². The number of para-hydroxylation sites is 2. The van der Waals surface area contributed by atoms with Crippen molar-refractivity contribution in [3.63, 3.8) is 0 Å². The van der Waals surface area contributed by atoms with Crippen LogP contribution in [0.4, 0.5) is 11.4 Å². The van der Waals surface area contributed by atoms with E-state index in [-0.39, 0.29) is 0 Å². The standard InChI is InChI=1S/C17H19N3/c1-14-8-3-5-10-16(14)19-12-7-13-20(18-19)17-11-6-4-9-15(17)2/h3-12,18H,13H2,1-2H3. The van der Waals surface area contributed by atoms with E-state index in [0.29, 0.717) is 0 Å². The zero-order chi connectivity index (χ0) is 13.9. The number of nitrogens with one attached hydrogen (secondary N) is 1. The van der Waals surface area contributed by atoms with E-state index in [1.165, 1.54) is 22.5 Å². The monoisotopic (exact) mass is 265 g/mol. The highest BCUT2D eigenvalue weighted by Crippen LogP contribution is 2.23. The molecule has 3 heteroatoms. The average molecular weight is 265 g/mol. The third-order valence-electron chi connectivity index (χ3n) is 3.55. The molecule has 0 radical (unpaired) electrons. The van der Waals surface area contributed by atoms with Gasteiger partial charge in [0.25, 0.3) is 0 Å². The number of hydrogen-bond donors (Lipinski definition) is 1. The summed E-state index contributed by atoms with van der Waals surface area (Å²) in [5.41, 5.74) is 8.33. The Labute approximate surface area is 120 Å². The predicted octanol–water partition coefficient (Wildman–Crippen LogP) is 3.56. The van der Waals surface area contributed by atoms with Crippen LogP contribution in [0.3, 0.4) is 0 Å². The van der Waals surface area contributed by atoms with E-state index in [1.807, 2.05) is 0 Å². The molecule has 0 fully saturated rings. The number of hydrogen-bond acceptors (Lipinski definition) is 3. The zero-order valence-electron chi connectivity index (χ0n) is 11.9. The molecule has 102 valence electrons. The minimum Gasteiger partial charge on any atom is -0.286 e. The quantitative estimate of drug-likeness (QED) is 0.895. The molecule has 0 unspecified atom stereocenters. The van der Waals surface area contributed by atoms with Gasteiger partial charge in [0.05, 0.1) is 17.9 Å². The molecule has 2 aromatic carbocycles. The SMILES string of the molecule is Cc1ccccc1N1C=CCN(c2ccccc2C)N1. The summed E-state index contributed by atoms with van der Waals surface area (Å²) in [5, 5.41) is 4.22. The van der Waals surface area contributed by atoms with E-state index in [1.54, 1.807) is 0 Å². The Kier molecular flexibility index (Phi) is 3.44. The van der Waals surface area contributed by atoms with E-state index < -0.39 is 0 Å². The summed E-state index contributed by atoms with van der Waals surface area (Å²) in [5.74, 6) is 0. The lowest BCUT2D eigenvalue weighted by Gasteiger charge is -2.36. The Hall–Kier alpha value is -2.26. The maximum Gasteiger partial charge on any atom is 0.0617 e. The minimum absolute atomic E-state index is 0.854. The van der Waals surface area contributed by atoms with E-state index in [9.17, 15) is 0 Å².